The summed E-state index contributed by atoms with van der Waals surface area (Å²) in [7, 11) is 0. The Labute approximate surface area is 426 Å². The highest BCUT2D eigenvalue weighted by molar-refractivity contribution is 6.08. The lowest BCUT2D eigenvalue weighted by Gasteiger charge is -2.38. The first-order chi connectivity index (χ1) is 35.0. The minimum absolute atomic E-state index is 0.0407. The Bertz CT molecular complexity index is 3890. The number of nitrogens with zero attached hydrogens (tertiary/aromatic N) is 1. The van der Waals surface area contributed by atoms with Crippen molar-refractivity contribution in [2.45, 2.75) is 109 Å². The molecule has 0 aromatic heterocycles. The van der Waals surface area contributed by atoms with E-state index in [0.29, 0.717) is 6.42 Å². The third-order valence-corrected chi connectivity index (χ3v) is 18.3. The summed E-state index contributed by atoms with van der Waals surface area (Å²) in [5.74, 6) is 6.71. The van der Waals surface area contributed by atoms with Crippen LogP contribution in [0.25, 0.3) is 66.1 Å². The number of benzene rings is 8. The van der Waals surface area contributed by atoms with E-state index < -0.39 is 0 Å². The molecule has 1 spiro atoms. The standard InChI is InChI=1S/C71H61N/c1-44-28-29-45(2)56(38-44)57-41-65-68(54-26-15-14-25-52(54)57)55-34-32-48(39-61(55)70(65,5)6)72(66-27-17-16-23-50(66)46-20-10-7-8-11-21-46)49-31-33-53-58-42-62-59(43-64(58)71(63(53)40-49)36-18-9-19-37-71)67-51-24-13-12-22-47(51)30-35-60(67)69(62,3)4/h7,10,12-17,20,22-31,33,35,38-43H,9,18-19,21,32,34,36-37H2,1-6H3. The Morgan fingerprint density at radius 1 is 0.528 bits per heavy atom. The SMILES string of the molecule is Cc1ccc(C)c(-c2cc3c(c4ccccc24)C2=C(C=C(N(c4ccc5c(c4)C4(CCCCC4)c4cc6c(cc4-5)C(C)(C)c4ccc5ccccc5c4-6)c4ccccc4C4=CC=CC#CC4)CC2)C3(C)C)c1. The van der Waals surface area contributed by atoms with Gasteiger partial charge in [0.05, 0.1) is 5.69 Å². The highest BCUT2D eigenvalue weighted by Crippen LogP contribution is 2.62. The van der Waals surface area contributed by atoms with Crippen molar-refractivity contribution < 1.29 is 0 Å². The van der Waals surface area contributed by atoms with Gasteiger partial charge in [0.25, 0.3) is 0 Å². The zero-order chi connectivity index (χ0) is 48.7. The fourth-order valence-electron chi connectivity index (χ4n) is 14.7. The first-order valence-electron chi connectivity index (χ1n) is 26.7. The molecular formula is C71H61N. The number of fused-ring (bicyclic) bond motifs is 14. The molecule has 0 N–H and O–H groups in total. The van der Waals surface area contributed by atoms with Gasteiger partial charge in [0.1, 0.15) is 0 Å². The molecule has 1 heteroatoms. The summed E-state index contributed by atoms with van der Waals surface area (Å²) in [6.45, 7) is 14.3. The molecule has 0 saturated heterocycles. The fourth-order valence-corrected chi connectivity index (χ4v) is 14.7. The highest BCUT2D eigenvalue weighted by atomic mass is 15.2. The third kappa shape index (κ3) is 6.15. The molecule has 14 rings (SSSR count). The van der Waals surface area contributed by atoms with Crippen LogP contribution in [0.1, 0.15) is 129 Å². The third-order valence-electron chi connectivity index (χ3n) is 18.3. The second kappa shape index (κ2) is 15.8. The molecule has 1 saturated carbocycles. The zero-order valence-corrected chi connectivity index (χ0v) is 42.7. The van der Waals surface area contributed by atoms with Crippen LogP contribution in [0, 0.1) is 25.7 Å². The molecule has 0 aliphatic heterocycles. The van der Waals surface area contributed by atoms with E-state index in [4.69, 9.17) is 0 Å². The van der Waals surface area contributed by atoms with Gasteiger partial charge >= 0.3 is 0 Å². The first-order valence-corrected chi connectivity index (χ1v) is 26.7. The van der Waals surface area contributed by atoms with Crippen LogP contribution < -0.4 is 4.90 Å². The molecule has 0 unspecified atom stereocenters. The fraction of sp³-hybridized carbons (Fsp3) is 0.239. The first kappa shape index (κ1) is 43.4. The summed E-state index contributed by atoms with van der Waals surface area (Å²) in [4.78, 5) is 2.67. The summed E-state index contributed by atoms with van der Waals surface area (Å²) in [5.41, 5.74) is 28.9. The van der Waals surface area contributed by atoms with Crippen molar-refractivity contribution in [3.8, 4) is 45.2 Å². The molecule has 72 heavy (non-hydrogen) atoms. The summed E-state index contributed by atoms with van der Waals surface area (Å²) in [5, 5.41) is 5.42. The van der Waals surface area contributed by atoms with Crippen molar-refractivity contribution in [3.05, 3.63) is 225 Å². The van der Waals surface area contributed by atoms with Gasteiger partial charge in [-0.25, -0.2) is 0 Å². The Balaban J connectivity index is 0.963. The van der Waals surface area contributed by atoms with Crippen LogP contribution in [0.15, 0.2) is 175 Å². The smallest absolute Gasteiger partial charge is 0.0533 e. The minimum atomic E-state index is -0.202. The number of allylic oxidation sites excluding steroid dienone is 8. The van der Waals surface area contributed by atoms with E-state index in [1.807, 2.05) is 6.08 Å². The maximum absolute atomic E-state index is 3.45. The van der Waals surface area contributed by atoms with Crippen molar-refractivity contribution in [1.82, 2.24) is 0 Å². The van der Waals surface area contributed by atoms with Crippen molar-refractivity contribution in [2.24, 2.45) is 0 Å². The van der Waals surface area contributed by atoms with Gasteiger partial charge in [-0.1, -0.05) is 180 Å². The molecule has 6 aliphatic rings. The van der Waals surface area contributed by atoms with E-state index in [-0.39, 0.29) is 16.2 Å². The summed E-state index contributed by atoms with van der Waals surface area (Å²) in [6.07, 6.45) is 17.8. The predicted molar refractivity (Wildman–Crippen MR) is 305 cm³/mol. The monoisotopic (exact) mass is 927 g/mol. The molecule has 1 nitrogen and oxygen atoms in total. The topological polar surface area (TPSA) is 3.24 Å². The van der Waals surface area contributed by atoms with Crippen LogP contribution >= 0.6 is 0 Å². The molecular weight excluding hydrogens is 867 g/mol. The molecule has 0 amide bonds. The quantitative estimate of drug-likeness (QED) is 0.156. The van der Waals surface area contributed by atoms with Gasteiger partial charge in [0.2, 0.25) is 0 Å². The molecule has 0 bridgehead atoms. The van der Waals surface area contributed by atoms with Crippen molar-refractivity contribution in [3.63, 3.8) is 0 Å². The Kier molecular flexibility index (Phi) is 9.52. The average molecular weight is 928 g/mol. The van der Waals surface area contributed by atoms with E-state index in [9.17, 15) is 0 Å². The van der Waals surface area contributed by atoms with E-state index in [0.717, 1.165) is 12.8 Å². The number of rotatable bonds is 5. The average Bonchev–Trinajstić information content (AvgIpc) is 3.72. The van der Waals surface area contributed by atoms with Crippen molar-refractivity contribution >= 4 is 44.1 Å². The zero-order valence-electron chi connectivity index (χ0n) is 42.7. The van der Waals surface area contributed by atoms with Crippen LogP contribution in [-0.2, 0) is 16.2 Å². The van der Waals surface area contributed by atoms with Crippen LogP contribution in [0.3, 0.4) is 0 Å². The van der Waals surface area contributed by atoms with Crippen LogP contribution in [0.4, 0.5) is 11.4 Å². The van der Waals surface area contributed by atoms with Crippen LogP contribution in [0.5, 0.6) is 0 Å². The Morgan fingerprint density at radius 2 is 1.28 bits per heavy atom. The molecule has 8 aromatic carbocycles. The van der Waals surface area contributed by atoms with Crippen molar-refractivity contribution in [1.29, 1.82) is 0 Å². The maximum Gasteiger partial charge on any atom is 0.0533 e. The number of aryl methyl sites for hydroxylation is 2. The number of hydrogen-bond acceptors (Lipinski definition) is 1. The second-order valence-electron chi connectivity index (χ2n) is 22.9. The second-order valence-corrected chi connectivity index (χ2v) is 22.9. The van der Waals surface area contributed by atoms with Gasteiger partial charge in [0, 0.05) is 39.6 Å². The number of para-hydroxylation sites is 1. The van der Waals surface area contributed by atoms with Crippen LogP contribution in [-0.4, -0.2) is 0 Å². The number of anilines is 2. The van der Waals surface area contributed by atoms with Crippen LogP contribution in [0.2, 0.25) is 0 Å². The Morgan fingerprint density at radius 3 is 2.14 bits per heavy atom. The van der Waals surface area contributed by atoms with Gasteiger partial charge in [-0.05, 0) is 199 Å². The molecule has 0 radical (unpaired) electrons. The lowest BCUT2D eigenvalue weighted by Crippen LogP contribution is -2.29. The molecule has 8 aromatic rings. The largest absolute Gasteiger partial charge is 0.314 e. The van der Waals surface area contributed by atoms with Gasteiger partial charge in [-0.15, -0.1) is 0 Å². The van der Waals surface area contributed by atoms with E-state index in [2.05, 4.69) is 216 Å². The lowest BCUT2D eigenvalue weighted by molar-refractivity contribution is 0.353. The molecule has 350 valence electrons. The summed E-state index contributed by atoms with van der Waals surface area (Å²) < 4.78 is 0. The molecule has 0 heterocycles. The molecule has 1 fully saturated rings. The highest BCUT2D eigenvalue weighted by Gasteiger charge is 2.48. The van der Waals surface area contributed by atoms with E-state index in [1.54, 1.807) is 5.56 Å². The summed E-state index contributed by atoms with van der Waals surface area (Å²) in [6, 6.07) is 54.6. The van der Waals surface area contributed by atoms with Crippen molar-refractivity contribution in [2.75, 3.05) is 4.90 Å². The predicted octanol–water partition coefficient (Wildman–Crippen LogP) is 18.7. The van der Waals surface area contributed by atoms with Gasteiger partial charge in [-0.3, -0.25) is 0 Å². The molecule has 0 atom stereocenters. The van der Waals surface area contributed by atoms with Gasteiger partial charge in [0.15, 0.2) is 0 Å². The van der Waals surface area contributed by atoms with E-state index in [1.165, 1.54) is 165 Å². The number of hydrogen-bond donors (Lipinski definition) is 0. The Hall–Kier alpha value is -7.40. The van der Waals surface area contributed by atoms with E-state index >= 15 is 0 Å². The van der Waals surface area contributed by atoms with Gasteiger partial charge in [-0.2, -0.15) is 0 Å². The minimum Gasteiger partial charge on any atom is -0.314 e. The normalized spacial score (nSPS) is 18.1. The van der Waals surface area contributed by atoms with Gasteiger partial charge < -0.3 is 4.90 Å². The maximum atomic E-state index is 3.45. The summed E-state index contributed by atoms with van der Waals surface area (Å²) >= 11 is 0. The lowest BCUT2D eigenvalue weighted by atomic mass is 9.67. The molecule has 6 aliphatic carbocycles.